The van der Waals surface area contributed by atoms with Crippen LogP contribution < -0.4 is 4.74 Å². The van der Waals surface area contributed by atoms with Crippen LogP contribution in [0.4, 0.5) is 4.79 Å². The number of halogens is 1. The molecular weight excluding hydrogens is 300 g/mol. The highest BCUT2D eigenvalue weighted by Crippen LogP contribution is 2.33. The number of carbonyl (C=O) groups is 1. The van der Waals surface area contributed by atoms with Gasteiger partial charge < -0.3 is 9.64 Å². The summed E-state index contributed by atoms with van der Waals surface area (Å²) in [5, 5.41) is 1.38. The summed E-state index contributed by atoms with van der Waals surface area (Å²) in [6.45, 7) is 10.9. The van der Waals surface area contributed by atoms with Gasteiger partial charge in [0.2, 0.25) is 0 Å². The van der Waals surface area contributed by atoms with E-state index in [2.05, 4.69) is 4.98 Å². The first-order valence-electron chi connectivity index (χ1n) is 7.59. The second kappa shape index (κ2) is 8.59. The predicted octanol–water partition coefficient (Wildman–Crippen LogP) is 5.06. The van der Waals surface area contributed by atoms with E-state index in [1.807, 2.05) is 40.7 Å². The average Bonchev–Trinajstić information content (AvgIpc) is 2.54. The van der Waals surface area contributed by atoms with Gasteiger partial charge in [-0.25, -0.2) is 4.79 Å². The van der Waals surface area contributed by atoms with Crippen molar-refractivity contribution in [2.45, 2.75) is 34.6 Å². The molecule has 0 saturated heterocycles. The third kappa shape index (κ3) is 3.89. The highest BCUT2D eigenvalue weighted by molar-refractivity contribution is 6.35. The van der Waals surface area contributed by atoms with Crippen LogP contribution in [0.5, 0.6) is 5.75 Å². The third-order valence-electron chi connectivity index (χ3n) is 3.19. The van der Waals surface area contributed by atoms with E-state index in [0.29, 0.717) is 29.4 Å². The lowest BCUT2D eigenvalue weighted by Gasteiger charge is -2.19. The van der Waals surface area contributed by atoms with E-state index in [0.717, 1.165) is 10.9 Å². The maximum Gasteiger partial charge on any atom is 0.415 e. The molecule has 0 aliphatic rings. The van der Waals surface area contributed by atoms with Crippen LogP contribution in [0.25, 0.3) is 10.9 Å². The molecule has 0 unspecified atom stereocenters. The van der Waals surface area contributed by atoms with Crippen LogP contribution in [0.2, 0.25) is 5.02 Å². The van der Waals surface area contributed by atoms with Gasteiger partial charge in [-0.05, 0) is 44.5 Å². The Morgan fingerprint density at radius 3 is 2.55 bits per heavy atom. The van der Waals surface area contributed by atoms with Gasteiger partial charge in [-0.1, -0.05) is 25.4 Å². The van der Waals surface area contributed by atoms with Crippen LogP contribution in [0.15, 0.2) is 24.4 Å². The van der Waals surface area contributed by atoms with Crippen molar-refractivity contribution in [3.63, 3.8) is 0 Å². The molecule has 1 aromatic heterocycles. The SMILES string of the molecule is CC.CCN(CC)C(=O)Oc1c(C)cc(Cl)c2cccnc12. The molecule has 5 heteroatoms. The van der Waals surface area contributed by atoms with Crippen molar-refractivity contribution in [2.75, 3.05) is 13.1 Å². The van der Waals surface area contributed by atoms with Gasteiger partial charge >= 0.3 is 6.09 Å². The second-order valence-corrected chi connectivity index (χ2v) is 4.85. The van der Waals surface area contributed by atoms with Gasteiger partial charge in [0.25, 0.3) is 0 Å². The fraction of sp³-hybridized carbons (Fsp3) is 0.412. The van der Waals surface area contributed by atoms with Crippen LogP contribution in [-0.2, 0) is 0 Å². The summed E-state index contributed by atoms with van der Waals surface area (Å²) in [5.41, 5.74) is 1.40. The molecule has 0 radical (unpaired) electrons. The van der Waals surface area contributed by atoms with Gasteiger partial charge in [0.1, 0.15) is 5.52 Å². The van der Waals surface area contributed by atoms with Crippen molar-refractivity contribution in [3.8, 4) is 5.75 Å². The Morgan fingerprint density at radius 1 is 1.32 bits per heavy atom. The van der Waals surface area contributed by atoms with Crippen LogP contribution in [-0.4, -0.2) is 29.1 Å². The van der Waals surface area contributed by atoms with E-state index in [-0.39, 0.29) is 6.09 Å². The number of hydrogen-bond acceptors (Lipinski definition) is 3. The minimum atomic E-state index is -0.368. The van der Waals surface area contributed by atoms with E-state index in [1.165, 1.54) is 0 Å². The quantitative estimate of drug-likeness (QED) is 0.792. The van der Waals surface area contributed by atoms with Crippen molar-refractivity contribution in [2.24, 2.45) is 0 Å². The lowest BCUT2D eigenvalue weighted by atomic mass is 10.1. The largest absolute Gasteiger partial charge is 0.415 e. The Bertz CT molecular complexity index is 640. The lowest BCUT2D eigenvalue weighted by Crippen LogP contribution is -2.33. The number of nitrogens with zero attached hydrogens (tertiary/aromatic N) is 2. The molecule has 0 fully saturated rings. The summed E-state index contributed by atoms with van der Waals surface area (Å²) in [4.78, 5) is 18.0. The number of ether oxygens (including phenoxy) is 1. The summed E-state index contributed by atoms with van der Waals surface area (Å²) in [6.07, 6.45) is 1.29. The minimum Gasteiger partial charge on any atom is -0.408 e. The average molecular weight is 323 g/mol. The van der Waals surface area contributed by atoms with Gasteiger partial charge in [-0.3, -0.25) is 4.98 Å². The Hall–Kier alpha value is -1.81. The number of fused-ring (bicyclic) bond motifs is 1. The summed E-state index contributed by atoms with van der Waals surface area (Å²) in [6, 6.07) is 5.45. The first kappa shape index (κ1) is 18.2. The maximum atomic E-state index is 12.1. The van der Waals surface area contributed by atoms with Crippen molar-refractivity contribution in [3.05, 3.63) is 35.0 Å². The highest BCUT2D eigenvalue weighted by atomic mass is 35.5. The van der Waals surface area contributed by atoms with Crippen LogP contribution >= 0.6 is 11.6 Å². The number of pyridine rings is 1. The number of benzene rings is 1. The van der Waals surface area contributed by atoms with E-state index in [9.17, 15) is 4.79 Å². The molecule has 120 valence electrons. The summed E-state index contributed by atoms with van der Waals surface area (Å²) in [7, 11) is 0. The Kier molecular flexibility index (Phi) is 7.12. The molecule has 22 heavy (non-hydrogen) atoms. The molecule has 0 saturated carbocycles. The molecule has 1 heterocycles. The zero-order valence-corrected chi connectivity index (χ0v) is 14.6. The molecule has 0 bridgehead atoms. The topological polar surface area (TPSA) is 42.4 Å². The number of amides is 1. The molecule has 0 aliphatic carbocycles. The fourth-order valence-electron chi connectivity index (χ4n) is 2.06. The molecule has 0 N–H and O–H groups in total. The number of aromatic nitrogens is 1. The van der Waals surface area contributed by atoms with E-state index < -0.39 is 0 Å². The zero-order chi connectivity index (χ0) is 16.7. The van der Waals surface area contributed by atoms with E-state index in [4.69, 9.17) is 16.3 Å². The van der Waals surface area contributed by atoms with Crippen molar-refractivity contribution < 1.29 is 9.53 Å². The Labute approximate surface area is 137 Å². The molecule has 1 amide bonds. The molecule has 4 nitrogen and oxygen atoms in total. The molecule has 2 rings (SSSR count). The number of hydrogen-bond donors (Lipinski definition) is 0. The maximum absolute atomic E-state index is 12.1. The van der Waals surface area contributed by atoms with Crippen LogP contribution in [0.3, 0.4) is 0 Å². The number of carbonyl (C=O) groups excluding carboxylic acids is 1. The summed E-state index contributed by atoms with van der Waals surface area (Å²) >= 11 is 6.20. The minimum absolute atomic E-state index is 0.368. The molecule has 0 aliphatic heterocycles. The van der Waals surface area contributed by atoms with Crippen molar-refractivity contribution >= 4 is 28.6 Å². The number of aryl methyl sites for hydroxylation is 1. The Morgan fingerprint density at radius 2 is 1.95 bits per heavy atom. The molecular formula is C17H23ClN2O2. The highest BCUT2D eigenvalue weighted by Gasteiger charge is 2.17. The molecule has 0 atom stereocenters. The van der Waals surface area contributed by atoms with Gasteiger partial charge in [0.05, 0.1) is 5.02 Å². The van der Waals surface area contributed by atoms with Crippen molar-refractivity contribution in [1.82, 2.24) is 9.88 Å². The fourth-order valence-corrected chi connectivity index (χ4v) is 2.38. The number of rotatable bonds is 3. The normalized spacial score (nSPS) is 9.91. The van der Waals surface area contributed by atoms with Crippen LogP contribution in [0, 0.1) is 6.92 Å². The van der Waals surface area contributed by atoms with Gasteiger partial charge in [0, 0.05) is 24.7 Å². The summed E-state index contributed by atoms with van der Waals surface area (Å²) < 4.78 is 5.52. The van der Waals surface area contributed by atoms with Crippen molar-refractivity contribution in [1.29, 1.82) is 0 Å². The van der Waals surface area contributed by atoms with E-state index >= 15 is 0 Å². The molecule has 0 spiro atoms. The summed E-state index contributed by atoms with van der Waals surface area (Å²) in [5.74, 6) is 0.474. The molecule has 2 aromatic rings. The predicted molar refractivity (Wildman–Crippen MR) is 91.8 cm³/mol. The molecule has 1 aromatic carbocycles. The standard InChI is InChI=1S/C15H17ClN2O2.C2H6/c1-4-18(5-2)15(19)20-14-10(3)9-12(16)11-7-6-8-17-13(11)14;1-2/h6-9H,4-5H2,1-3H3;1-2H3. The van der Waals surface area contributed by atoms with Gasteiger partial charge in [-0.15, -0.1) is 0 Å². The first-order chi connectivity index (χ1) is 10.6. The smallest absolute Gasteiger partial charge is 0.408 e. The Balaban J connectivity index is 0.00000116. The third-order valence-corrected chi connectivity index (χ3v) is 3.51. The van der Waals surface area contributed by atoms with Gasteiger partial charge in [-0.2, -0.15) is 0 Å². The first-order valence-corrected chi connectivity index (χ1v) is 7.96. The van der Waals surface area contributed by atoms with E-state index in [1.54, 1.807) is 23.2 Å². The monoisotopic (exact) mass is 322 g/mol. The zero-order valence-electron chi connectivity index (χ0n) is 13.8. The van der Waals surface area contributed by atoms with Crippen LogP contribution in [0.1, 0.15) is 33.3 Å². The lowest BCUT2D eigenvalue weighted by molar-refractivity contribution is 0.157. The second-order valence-electron chi connectivity index (χ2n) is 4.44. The van der Waals surface area contributed by atoms with Gasteiger partial charge in [0.15, 0.2) is 5.75 Å².